The third kappa shape index (κ3) is 2.17. The maximum absolute atomic E-state index is 11.8. The number of likely N-dealkylation sites (tertiary alicyclic amines) is 1. The quantitative estimate of drug-likeness (QED) is 0.460. The highest BCUT2D eigenvalue weighted by atomic mass is 16.3. The number of carbonyl (C=O) groups excluding carboxylic acids is 3. The zero-order valence-corrected chi connectivity index (χ0v) is 9.42. The Morgan fingerprint density at radius 1 is 1.11 bits per heavy atom. The molecule has 1 aromatic carbocycles. The highest BCUT2D eigenvalue weighted by molar-refractivity contribution is 6.08. The van der Waals surface area contributed by atoms with Gasteiger partial charge in [-0.1, -0.05) is 0 Å². The van der Waals surface area contributed by atoms with Crippen molar-refractivity contribution in [3.63, 3.8) is 0 Å². The van der Waals surface area contributed by atoms with Gasteiger partial charge in [-0.2, -0.15) is 0 Å². The molecule has 0 spiro atoms. The number of phenolic OH excluding ortho intramolecular Hbond substituents is 2. The summed E-state index contributed by atoms with van der Waals surface area (Å²) in [6, 6.07) is 3.60. The van der Waals surface area contributed by atoms with E-state index in [0.29, 0.717) is 0 Å². The van der Waals surface area contributed by atoms with Crippen molar-refractivity contribution in [2.75, 3.05) is 6.54 Å². The van der Waals surface area contributed by atoms with Gasteiger partial charge in [-0.15, -0.1) is 0 Å². The lowest BCUT2D eigenvalue weighted by Crippen LogP contribution is -2.34. The summed E-state index contributed by atoms with van der Waals surface area (Å²) in [6.45, 7) is -0.331. The molecule has 1 fully saturated rings. The molecule has 6 nitrogen and oxygen atoms in total. The molecule has 0 unspecified atom stereocenters. The maximum Gasteiger partial charge on any atom is 0.230 e. The predicted octanol–water partition coefficient (Wildman–Crippen LogP) is 0.430. The van der Waals surface area contributed by atoms with Gasteiger partial charge in [0.2, 0.25) is 11.8 Å². The lowest BCUT2D eigenvalue weighted by Gasteiger charge is -2.12. The Balaban J connectivity index is 2.14. The minimum atomic E-state index is -0.464. The first-order valence-corrected chi connectivity index (χ1v) is 5.37. The van der Waals surface area contributed by atoms with Crippen LogP contribution in [0.1, 0.15) is 23.2 Å². The molecule has 0 aliphatic carbocycles. The van der Waals surface area contributed by atoms with Crippen LogP contribution in [0.15, 0.2) is 18.2 Å². The van der Waals surface area contributed by atoms with Crippen LogP contribution in [0, 0.1) is 0 Å². The number of rotatable bonds is 3. The average molecular weight is 249 g/mol. The number of amides is 2. The summed E-state index contributed by atoms with van der Waals surface area (Å²) >= 11 is 0. The van der Waals surface area contributed by atoms with Crippen molar-refractivity contribution in [1.82, 2.24) is 4.90 Å². The number of aromatic hydroxyl groups is 2. The highest BCUT2D eigenvalue weighted by Gasteiger charge is 2.30. The van der Waals surface area contributed by atoms with Gasteiger partial charge in [0.15, 0.2) is 17.3 Å². The summed E-state index contributed by atoms with van der Waals surface area (Å²) in [6.07, 6.45) is 0.264. The van der Waals surface area contributed by atoms with Crippen LogP contribution in [-0.4, -0.2) is 39.3 Å². The van der Waals surface area contributed by atoms with E-state index in [0.717, 1.165) is 11.0 Å². The lowest BCUT2D eigenvalue weighted by molar-refractivity contribution is -0.137. The number of phenols is 2. The number of nitrogens with zero attached hydrogens (tertiary/aromatic N) is 1. The number of ketones is 1. The summed E-state index contributed by atoms with van der Waals surface area (Å²) in [5, 5.41) is 18.4. The molecule has 0 aromatic heterocycles. The lowest BCUT2D eigenvalue weighted by atomic mass is 10.1. The first-order chi connectivity index (χ1) is 8.49. The number of imide groups is 1. The van der Waals surface area contributed by atoms with Crippen LogP contribution in [0.25, 0.3) is 0 Å². The molecule has 2 rings (SSSR count). The van der Waals surface area contributed by atoms with Crippen LogP contribution in [-0.2, 0) is 9.59 Å². The van der Waals surface area contributed by atoms with E-state index < -0.39 is 11.5 Å². The fraction of sp³-hybridized carbons (Fsp3) is 0.250. The second-order valence-electron chi connectivity index (χ2n) is 4.00. The van der Waals surface area contributed by atoms with Crippen molar-refractivity contribution in [1.29, 1.82) is 0 Å². The largest absolute Gasteiger partial charge is 0.504 e. The molecule has 94 valence electrons. The van der Waals surface area contributed by atoms with E-state index in [9.17, 15) is 19.5 Å². The van der Waals surface area contributed by atoms with Crippen LogP contribution < -0.4 is 0 Å². The van der Waals surface area contributed by atoms with Crippen molar-refractivity contribution in [3.05, 3.63) is 23.8 Å². The zero-order valence-electron chi connectivity index (χ0n) is 9.42. The molecular weight excluding hydrogens is 238 g/mol. The average Bonchev–Trinajstić information content (AvgIpc) is 2.64. The van der Waals surface area contributed by atoms with Gasteiger partial charge in [-0.05, 0) is 18.2 Å². The van der Waals surface area contributed by atoms with Crippen molar-refractivity contribution >= 4 is 17.6 Å². The number of hydrogen-bond donors (Lipinski definition) is 2. The molecule has 1 heterocycles. The molecule has 1 aliphatic rings. The van der Waals surface area contributed by atoms with Crippen molar-refractivity contribution < 1.29 is 24.6 Å². The molecule has 2 amide bonds. The third-order valence-corrected chi connectivity index (χ3v) is 2.75. The Bertz CT molecular complexity index is 521. The normalized spacial score (nSPS) is 15.2. The summed E-state index contributed by atoms with van der Waals surface area (Å²) in [5.74, 6) is -1.94. The van der Waals surface area contributed by atoms with E-state index in [4.69, 9.17) is 5.11 Å². The molecule has 0 atom stereocenters. The van der Waals surface area contributed by atoms with Crippen LogP contribution >= 0.6 is 0 Å². The minimum absolute atomic E-state index is 0.132. The molecule has 1 saturated heterocycles. The number of hydrogen-bond acceptors (Lipinski definition) is 5. The maximum atomic E-state index is 11.8. The van der Waals surface area contributed by atoms with E-state index in [1.54, 1.807) is 0 Å². The second-order valence-corrected chi connectivity index (χ2v) is 4.00. The zero-order chi connectivity index (χ0) is 13.3. The van der Waals surface area contributed by atoms with Crippen LogP contribution in [0.5, 0.6) is 11.5 Å². The van der Waals surface area contributed by atoms with Crippen molar-refractivity contribution in [3.8, 4) is 11.5 Å². The molecule has 1 aromatic rings. The molecule has 6 heteroatoms. The molecule has 0 radical (unpaired) electrons. The molecule has 1 aliphatic heterocycles. The Labute approximate surface area is 102 Å². The number of carbonyl (C=O) groups is 3. The first kappa shape index (κ1) is 12.1. The van der Waals surface area contributed by atoms with Crippen LogP contribution in [0.3, 0.4) is 0 Å². The fourth-order valence-electron chi connectivity index (χ4n) is 1.73. The Morgan fingerprint density at radius 3 is 2.28 bits per heavy atom. The summed E-state index contributed by atoms with van der Waals surface area (Å²) in [4.78, 5) is 35.4. The van der Waals surface area contributed by atoms with E-state index >= 15 is 0 Å². The first-order valence-electron chi connectivity index (χ1n) is 5.37. The van der Waals surface area contributed by atoms with Crippen molar-refractivity contribution in [2.24, 2.45) is 0 Å². The minimum Gasteiger partial charge on any atom is -0.504 e. The summed E-state index contributed by atoms with van der Waals surface area (Å²) in [7, 11) is 0. The fourth-order valence-corrected chi connectivity index (χ4v) is 1.73. The van der Waals surface area contributed by atoms with Gasteiger partial charge in [0.1, 0.15) is 0 Å². The summed E-state index contributed by atoms with van der Waals surface area (Å²) < 4.78 is 0. The van der Waals surface area contributed by atoms with E-state index in [-0.39, 0.29) is 42.5 Å². The predicted molar refractivity (Wildman–Crippen MR) is 60.1 cm³/mol. The standard InChI is InChI=1S/C12H11NO5/c14-8-2-1-7(5-9(8)15)10(16)6-13-11(17)3-4-12(13)18/h1-2,5,14-15H,3-4,6H2. The van der Waals surface area contributed by atoms with E-state index in [2.05, 4.69) is 0 Å². The van der Waals surface area contributed by atoms with Crippen LogP contribution in [0.2, 0.25) is 0 Å². The Kier molecular flexibility index (Phi) is 3.01. The Hall–Kier alpha value is -2.37. The third-order valence-electron chi connectivity index (χ3n) is 2.75. The van der Waals surface area contributed by atoms with Gasteiger partial charge in [-0.3, -0.25) is 19.3 Å². The summed E-state index contributed by atoms with van der Waals surface area (Å²) in [5.41, 5.74) is 0.137. The molecule has 2 N–H and O–H groups in total. The molecule has 0 saturated carbocycles. The second kappa shape index (κ2) is 4.48. The number of benzene rings is 1. The van der Waals surface area contributed by atoms with Gasteiger partial charge in [0.05, 0.1) is 6.54 Å². The number of Topliss-reactive ketones (excluding diaryl/α,β-unsaturated/α-hetero) is 1. The van der Waals surface area contributed by atoms with E-state index in [1.807, 2.05) is 0 Å². The molecular formula is C12H11NO5. The van der Waals surface area contributed by atoms with Gasteiger partial charge >= 0.3 is 0 Å². The molecule has 0 bridgehead atoms. The van der Waals surface area contributed by atoms with Gasteiger partial charge in [-0.25, -0.2) is 0 Å². The van der Waals surface area contributed by atoms with Gasteiger partial charge < -0.3 is 10.2 Å². The van der Waals surface area contributed by atoms with Gasteiger partial charge in [0.25, 0.3) is 0 Å². The highest BCUT2D eigenvalue weighted by Crippen LogP contribution is 2.25. The smallest absolute Gasteiger partial charge is 0.230 e. The molecule has 18 heavy (non-hydrogen) atoms. The Morgan fingerprint density at radius 2 is 1.72 bits per heavy atom. The topological polar surface area (TPSA) is 94.9 Å². The van der Waals surface area contributed by atoms with E-state index in [1.165, 1.54) is 12.1 Å². The van der Waals surface area contributed by atoms with Crippen LogP contribution in [0.4, 0.5) is 0 Å². The van der Waals surface area contributed by atoms with Crippen molar-refractivity contribution in [2.45, 2.75) is 12.8 Å². The monoisotopic (exact) mass is 249 g/mol. The van der Waals surface area contributed by atoms with Gasteiger partial charge in [0, 0.05) is 18.4 Å². The SMILES string of the molecule is O=C(CN1C(=O)CCC1=O)c1ccc(O)c(O)c1.